The predicted molar refractivity (Wildman–Crippen MR) is 154 cm³/mol. The first kappa shape index (κ1) is 24.7. The summed E-state index contributed by atoms with van der Waals surface area (Å²) in [4.78, 5) is 1.61. The van der Waals surface area contributed by atoms with E-state index in [-0.39, 0.29) is 0 Å². The van der Waals surface area contributed by atoms with Crippen LogP contribution in [0.15, 0.2) is 17.5 Å². The Labute approximate surface area is 211 Å². The zero-order chi connectivity index (χ0) is 22.0. The Bertz CT molecular complexity index is 1040. The number of thiophene rings is 4. The van der Waals surface area contributed by atoms with Gasteiger partial charge in [0.25, 0.3) is 0 Å². The Kier molecular flexibility index (Phi) is 10.4. The second-order valence-corrected chi connectivity index (χ2v) is 14.1. The average molecular weight is 505 g/mol. The zero-order valence-corrected chi connectivity index (χ0v) is 23.2. The molecule has 0 aliphatic rings. The molecule has 0 aromatic carbocycles. The molecule has 0 saturated carbocycles. The van der Waals surface area contributed by atoms with E-state index < -0.39 is 0 Å². The smallest absolute Gasteiger partial charge is 0.0889 e. The van der Waals surface area contributed by atoms with Gasteiger partial charge in [0, 0.05) is 15.6 Å². The molecule has 0 spiro atoms. The first-order valence-electron chi connectivity index (χ1n) is 13.2. The van der Waals surface area contributed by atoms with Crippen molar-refractivity contribution in [2.24, 2.45) is 0 Å². The molecule has 0 unspecified atom stereocenters. The van der Waals surface area contributed by atoms with Crippen molar-refractivity contribution in [1.29, 1.82) is 0 Å². The van der Waals surface area contributed by atoms with Crippen LogP contribution in [0, 0.1) is 0 Å². The average Bonchev–Trinajstić information content (AvgIpc) is 3.53. The summed E-state index contributed by atoms with van der Waals surface area (Å²) in [5, 5.41) is 5.26. The van der Waals surface area contributed by atoms with Crippen molar-refractivity contribution in [3.8, 4) is 0 Å². The fourth-order valence-electron chi connectivity index (χ4n) is 4.80. The standard InChI is InChI=1S/C28H40S4/c1-2-3-4-5-6-7-8-9-10-11-12-13-14-15-16-17-18-22-21-24-26-25(32-28(24)30-22)23-19-20-29-27(23)31-26/h19-21H,2-18H2,1H3. The minimum Gasteiger partial charge on any atom is -0.133 e. The third kappa shape index (κ3) is 6.81. The van der Waals surface area contributed by atoms with E-state index in [0.717, 1.165) is 0 Å². The normalized spacial score (nSPS) is 12.2. The molecule has 0 radical (unpaired) electrons. The molecule has 0 amide bonds. The third-order valence-electron chi connectivity index (χ3n) is 6.74. The molecule has 0 atom stereocenters. The van der Waals surface area contributed by atoms with Crippen molar-refractivity contribution in [3.05, 3.63) is 22.4 Å². The van der Waals surface area contributed by atoms with Crippen LogP contribution < -0.4 is 0 Å². The van der Waals surface area contributed by atoms with Crippen molar-refractivity contribution in [2.75, 3.05) is 0 Å². The summed E-state index contributed by atoms with van der Waals surface area (Å²) in [5.41, 5.74) is 0. The highest BCUT2D eigenvalue weighted by molar-refractivity contribution is 7.49. The van der Waals surface area contributed by atoms with Crippen LogP contribution in [0.3, 0.4) is 0 Å². The Morgan fingerprint density at radius 1 is 0.562 bits per heavy atom. The Balaban J connectivity index is 1.01. The molecule has 0 fully saturated rings. The molecule has 176 valence electrons. The summed E-state index contributed by atoms with van der Waals surface area (Å²) in [6.45, 7) is 2.30. The maximum Gasteiger partial charge on any atom is 0.0889 e. The van der Waals surface area contributed by atoms with Crippen molar-refractivity contribution >= 4 is 73.5 Å². The van der Waals surface area contributed by atoms with E-state index in [0.29, 0.717) is 0 Å². The van der Waals surface area contributed by atoms with E-state index in [1.807, 2.05) is 34.0 Å². The highest BCUT2D eigenvalue weighted by atomic mass is 32.2. The molecule has 0 bridgehead atoms. The SMILES string of the molecule is CCCCCCCCCCCCCCCCCCc1cc2c(s1)sc1c3ccsc3sc21. The quantitative estimate of drug-likeness (QED) is 0.125. The van der Waals surface area contributed by atoms with Crippen LogP contribution in [0.1, 0.15) is 115 Å². The van der Waals surface area contributed by atoms with E-state index in [1.54, 1.807) is 13.6 Å². The zero-order valence-electron chi connectivity index (χ0n) is 19.9. The van der Waals surface area contributed by atoms with Gasteiger partial charge in [0.05, 0.1) is 17.4 Å². The fraction of sp³-hybridized carbons (Fsp3) is 0.643. The number of fused-ring (bicyclic) bond motifs is 5. The predicted octanol–water partition coefficient (Wildman–Crippen LogP) is 12.2. The van der Waals surface area contributed by atoms with Gasteiger partial charge in [-0.3, -0.25) is 0 Å². The summed E-state index contributed by atoms with van der Waals surface area (Å²) in [5.74, 6) is 0. The molecule has 4 heterocycles. The van der Waals surface area contributed by atoms with Crippen LogP contribution in [-0.2, 0) is 6.42 Å². The molecule has 0 N–H and O–H groups in total. The van der Waals surface area contributed by atoms with Gasteiger partial charge in [0.15, 0.2) is 0 Å². The van der Waals surface area contributed by atoms with Crippen molar-refractivity contribution in [3.63, 3.8) is 0 Å². The van der Waals surface area contributed by atoms with Gasteiger partial charge in [-0.15, -0.1) is 45.3 Å². The summed E-state index contributed by atoms with van der Waals surface area (Å²) < 4.78 is 6.12. The molecule has 0 aliphatic carbocycles. The van der Waals surface area contributed by atoms with Gasteiger partial charge in [0.2, 0.25) is 0 Å². The number of hydrogen-bond donors (Lipinski definition) is 0. The van der Waals surface area contributed by atoms with Gasteiger partial charge in [-0.05, 0) is 30.4 Å². The van der Waals surface area contributed by atoms with Crippen LogP contribution in [0.4, 0.5) is 0 Å². The Morgan fingerprint density at radius 2 is 1.09 bits per heavy atom. The third-order valence-corrected chi connectivity index (χ3v) is 11.7. The highest BCUT2D eigenvalue weighted by Gasteiger charge is 2.15. The first-order chi connectivity index (χ1) is 15.9. The fourth-order valence-corrected chi connectivity index (χ4v) is 10.1. The lowest BCUT2D eigenvalue weighted by atomic mass is 10.0. The van der Waals surface area contributed by atoms with E-state index in [4.69, 9.17) is 0 Å². The second kappa shape index (κ2) is 13.5. The largest absolute Gasteiger partial charge is 0.133 e. The summed E-state index contributed by atoms with van der Waals surface area (Å²) >= 11 is 7.98. The van der Waals surface area contributed by atoms with E-state index in [2.05, 4.69) is 35.8 Å². The monoisotopic (exact) mass is 504 g/mol. The minimum atomic E-state index is 1.28. The van der Waals surface area contributed by atoms with Crippen molar-refractivity contribution in [1.82, 2.24) is 0 Å². The molecule has 0 aliphatic heterocycles. The Hall–Kier alpha value is -0.420. The van der Waals surface area contributed by atoms with Crippen LogP contribution in [0.2, 0.25) is 0 Å². The molecule has 4 aromatic rings. The topological polar surface area (TPSA) is 0 Å². The summed E-state index contributed by atoms with van der Waals surface area (Å²) in [6.07, 6.45) is 24.4. The van der Waals surface area contributed by atoms with E-state index >= 15 is 0 Å². The first-order valence-corrected chi connectivity index (χ1v) is 16.5. The lowest BCUT2D eigenvalue weighted by molar-refractivity contribution is 0.529. The molecular weight excluding hydrogens is 465 g/mol. The molecule has 4 rings (SSSR count). The molecule has 0 saturated heterocycles. The molecule has 4 heteroatoms. The van der Waals surface area contributed by atoms with Crippen LogP contribution >= 0.6 is 45.3 Å². The summed E-state index contributed by atoms with van der Waals surface area (Å²) in [7, 11) is 0. The van der Waals surface area contributed by atoms with Gasteiger partial charge in [-0.25, -0.2) is 0 Å². The maximum absolute atomic E-state index is 2.50. The van der Waals surface area contributed by atoms with Crippen LogP contribution in [0.25, 0.3) is 28.2 Å². The van der Waals surface area contributed by atoms with Gasteiger partial charge in [-0.2, -0.15) is 0 Å². The van der Waals surface area contributed by atoms with Crippen LogP contribution in [0.5, 0.6) is 0 Å². The van der Waals surface area contributed by atoms with Gasteiger partial charge < -0.3 is 0 Å². The molecule has 0 nitrogen and oxygen atoms in total. The van der Waals surface area contributed by atoms with E-state index in [9.17, 15) is 0 Å². The van der Waals surface area contributed by atoms with Crippen molar-refractivity contribution < 1.29 is 0 Å². The second-order valence-electron chi connectivity index (χ2n) is 9.45. The van der Waals surface area contributed by atoms with Gasteiger partial charge in [0.1, 0.15) is 0 Å². The Morgan fingerprint density at radius 3 is 1.72 bits per heavy atom. The van der Waals surface area contributed by atoms with Gasteiger partial charge >= 0.3 is 0 Å². The molecular formula is C28H40S4. The number of unbranched alkanes of at least 4 members (excludes halogenated alkanes) is 15. The van der Waals surface area contributed by atoms with Crippen LogP contribution in [-0.4, -0.2) is 0 Å². The highest BCUT2D eigenvalue weighted by Crippen LogP contribution is 2.48. The molecule has 4 aromatic heterocycles. The number of hydrogen-bond acceptors (Lipinski definition) is 4. The van der Waals surface area contributed by atoms with Crippen molar-refractivity contribution in [2.45, 2.75) is 116 Å². The number of rotatable bonds is 17. The van der Waals surface area contributed by atoms with Gasteiger partial charge in [-0.1, -0.05) is 103 Å². The van der Waals surface area contributed by atoms with E-state index in [1.165, 1.54) is 129 Å². The summed E-state index contributed by atoms with van der Waals surface area (Å²) in [6, 6.07) is 4.81. The number of aryl methyl sites for hydroxylation is 1. The lowest BCUT2D eigenvalue weighted by Crippen LogP contribution is -1.84. The maximum atomic E-state index is 2.50. The lowest BCUT2D eigenvalue weighted by Gasteiger charge is -2.03. The molecule has 32 heavy (non-hydrogen) atoms. The minimum absolute atomic E-state index is 1.28.